The van der Waals surface area contributed by atoms with Crippen molar-refractivity contribution >= 4 is 6.03 Å². The summed E-state index contributed by atoms with van der Waals surface area (Å²) in [6, 6.07) is 13.0. The predicted molar refractivity (Wildman–Crippen MR) is 105 cm³/mol. The first-order valence-electron chi connectivity index (χ1n) is 10.1. The van der Waals surface area contributed by atoms with Gasteiger partial charge in [-0.1, -0.05) is 30.3 Å². The number of nitriles is 1. The number of benzene rings is 1. The molecule has 1 aromatic rings. The van der Waals surface area contributed by atoms with E-state index in [0.29, 0.717) is 19.6 Å². The van der Waals surface area contributed by atoms with Gasteiger partial charge in [-0.05, 0) is 51.5 Å². The summed E-state index contributed by atoms with van der Waals surface area (Å²) >= 11 is 0. The zero-order chi connectivity index (χ0) is 19.3. The highest BCUT2D eigenvalue weighted by atomic mass is 16.5. The number of rotatable bonds is 4. The van der Waals surface area contributed by atoms with Crippen LogP contribution in [0.5, 0.6) is 0 Å². The van der Waals surface area contributed by atoms with Crippen LogP contribution in [0.15, 0.2) is 30.3 Å². The van der Waals surface area contributed by atoms with Gasteiger partial charge >= 0.3 is 6.03 Å². The number of hydrogen-bond donors (Lipinski definition) is 1. The lowest BCUT2D eigenvalue weighted by molar-refractivity contribution is -0.0838. The first-order chi connectivity index (χ1) is 12.9. The van der Waals surface area contributed by atoms with Crippen LogP contribution in [-0.2, 0) is 10.2 Å². The summed E-state index contributed by atoms with van der Waals surface area (Å²) in [7, 11) is 0. The first-order valence-corrected chi connectivity index (χ1v) is 10.1. The van der Waals surface area contributed by atoms with Gasteiger partial charge in [-0.15, -0.1) is 0 Å². The molecule has 1 unspecified atom stereocenters. The summed E-state index contributed by atoms with van der Waals surface area (Å²) in [6.45, 7) is 7.06. The Bertz CT molecular complexity index is 675. The maximum absolute atomic E-state index is 12.5. The second-order valence-corrected chi connectivity index (χ2v) is 8.55. The predicted octanol–water partition coefficient (Wildman–Crippen LogP) is 3.85. The topological polar surface area (TPSA) is 65.4 Å². The highest BCUT2D eigenvalue weighted by Gasteiger charge is 2.41. The van der Waals surface area contributed by atoms with E-state index in [0.717, 1.165) is 38.7 Å². The van der Waals surface area contributed by atoms with Crippen LogP contribution in [-0.4, -0.2) is 42.8 Å². The van der Waals surface area contributed by atoms with Gasteiger partial charge in [0.2, 0.25) is 0 Å². The van der Waals surface area contributed by atoms with Gasteiger partial charge in [0.05, 0.1) is 11.7 Å². The molecule has 0 aromatic heterocycles. The smallest absolute Gasteiger partial charge is 0.317 e. The molecule has 0 saturated carbocycles. The molecule has 2 aliphatic rings. The summed E-state index contributed by atoms with van der Waals surface area (Å²) in [5, 5.41) is 12.1. The van der Waals surface area contributed by atoms with Gasteiger partial charge in [0.15, 0.2) is 0 Å². The van der Waals surface area contributed by atoms with E-state index in [-0.39, 0.29) is 23.0 Å². The molecule has 2 aliphatic heterocycles. The number of nitrogens with zero attached hydrogens (tertiary/aromatic N) is 2. The number of likely N-dealkylation sites (tertiary alicyclic amines) is 1. The first kappa shape index (κ1) is 19.7. The van der Waals surface area contributed by atoms with Gasteiger partial charge in [-0.3, -0.25) is 0 Å². The van der Waals surface area contributed by atoms with Crippen molar-refractivity contribution in [3.63, 3.8) is 0 Å². The molecule has 2 saturated heterocycles. The van der Waals surface area contributed by atoms with Crippen LogP contribution in [0.3, 0.4) is 0 Å². The number of carbonyl (C=O) groups is 1. The van der Waals surface area contributed by atoms with Crippen molar-refractivity contribution in [1.82, 2.24) is 10.2 Å². The molecule has 2 fully saturated rings. The van der Waals surface area contributed by atoms with Crippen molar-refractivity contribution < 1.29 is 9.53 Å². The lowest BCUT2D eigenvalue weighted by Gasteiger charge is -2.45. The molecule has 5 heteroatoms. The quantitative estimate of drug-likeness (QED) is 0.877. The van der Waals surface area contributed by atoms with E-state index in [4.69, 9.17) is 10.00 Å². The van der Waals surface area contributed by atoms with Crippen molar-refractivity contribution in [2.24, 2.45) is 5.92 Å². The van der Waals surface area contributed by atoms with Gasteiger partial charge in [0.25, 0.3) is 0 Å². The molecule has 27 heavy (non-hydrogen) atoms. The van der Waals surface area contributed by atoms with Crippen LogP contribution in [0, 0.1) is 17.2 Å². The van der Waals surface area contributed by atoms with Crippen molar-refractivity contribution in [2.75, 3.05) is 26.2 Å². The molecule has 1 aromatic carbocycles. The van der Waals surface area contributed by atoms with Gasteiger partial charge in [0.1, 0.15) is 0 Å². The van der Waals surface area contributed by atoms with Crippen molar-refractivity contribution in [1.29, 1.82) is 5.26 Å². The van der Waals surface area contributed by atoms with Crippen molar-refractivity contribution in [3.05, 3.63) is 35.9 Å². The lowest BCUT2D eigenvalue weighted by Crippen LogP contribution is -2.48. The number of nitrogens with one attached hydrogen (secondary N) is 1. The summed E-state index contributed by atoms with van der Waals surface area (Å²) in [6.07, 6.45) is 4.40. The molecule has 2 heterocycles. The number of hydrogen-bond acceptors (Lipinski definition) is 3. The van der Waals surface area contributed by atoms with Gasteiger partial charge in [-0.25, -0.2) is 4.79 Å². The summed E-state index contributed by atoms with van der Waals surface area (Å²) in [5.74, 6) is 0.0971. The fraction of sp³-hybridized carbons (Fsp3) is 0.636. The normalized spacial score (nSPS) is 25.6. The number of urea groups is 1. The van der Waals surface area contributed by atoms with Crippen LogP contribution in [0.25, 0.3) is 0 Å². The fourth-order valence-electron chi connectivity index (χ4n) is 4.61. The Morgan fingerprint density at radius 2 is 2.00 bits per heavy atom. The SMILES string of the molecule is CC1(C)CC(CCNC(=O)N2CCC(C#N)CC2)(c2ccccc2)CCO1. The number of piperidine rings is 1. The molecule has 1 atom stereocenters. The molecule has 1 N–H and O–H groups in total. The van der Waals surface area contributed by atoms with Gasteiger partial charge < -0.3 is 15.0 Å². The number of ether oxygens (including phenoxy) is 1. The van der Waals surface area contributed by atoms with E-state index in [1.54, 1.807) is 0 Å². The molecule has 5 nitrogen and oxygen atoms in total. The molecule has 0 aliphatic carbocycles. The highest BCUT2D eigenvalue weighted by molar-refractivity contribution is 5.74. The molecule has 0 radical (unpaired) electrons. The average molecular weight is 370 g/mol. The number of amides is 2. The molecule has 2 amide bonds. The monoisotopic (exact) mass is 369 g/mol. The molecular weight excluding hydrogens is 338 g/mol. The zero-order valence-electron chi connectivity index (χ0n) is 16.5. The largest absolute Gasteiger partial charge is 0.376 e. The van der Waals surface area contributed by atoms with Crippen LogP contribution < -0.4 is 5.32 Å². The Kier molecular flexibility index (Phi) is 6.06. The van der Waals surface area contributed by atoms with Crippen LogP contribution in [0.1, 0.15) is 51.5 Å². The maximum atomic E-state index is 12.5. The van der Waals surface area contributed by atoms with Crippen molar-refractivity contribution in [3.8, 4) is 6.07 Å². The fourth-order valence-corrected chi connectivity index (χ4v) is 4.61. The van der Waals surface area contributed by atoms with E-state index in [1.165, 1.54) is 5.56 Å². The average Bonchev–Trinajstić information content (AvgIpc) is 2.68. The molecule has 0 bridgehead atoms. The Hall–Kier alpha value is -2.06. The minimum atomic E-state index is -0.155. The summed E-state index contributed by atoms with van der Waals surface area (Å²) in [5.41, 5.74) is 1.21. The van der Waals surface area contributed by atoms with E-state index in [2.05, 4.69) is 49.5 Å². The van der Waals surface area contributed by atoms with E-state index >= 15 is 0 Å². The van der Waals surface area contributed by atoms with Crippen molar-refractivity contribution in [2.45, 2.75) is 57.0 Å². The second-order valence-electron chi connectivity index (χ2n) is 8.55. The summed E-state index contributed by atoms with van der Waals surface area (Å²) < 4.78 is 5.96. The second kappa shape index (κ2) is 8.31. The van der Waals surface area contributed by atoms with Gasteiger partial charge in [0, 0.05) is 37.6 Å². The Morgan fingerprint density at radius 3 is 2.63 bits per heavy atom. The molecule has 0 spiro atoms. The van der Waals surface area contributed by atoms with E-state index in [9.17, 15) is 4.79 Å². The van der Waals surface area contributed by atoms with E-state index in [1.807, 2.05) is 11.0 Å². The molecule has 3 rings (SSSR count). The summed E-state index contributed by atoms with van der Waals surface area (Å²) in [4.78, 5) is 14.4. The molecule has 146 valence electrons. The maximum Gasteiger partial charge on any atom is 0.317 e. The minimum absolute atomic E-state index is 0.000853. The van der Waals surface area contributed by atoms with Crippen LogP contribution in [0.4, 0.5) is 4.79 Å². The van der Waals surface area contributed by atoms with Crippen LogP contribution >= 0.6 is 0 Å². The zero-order valence-corrected chi connectivity index (χ0v) is 16.5. The van der Waals surface area contributed by atoms with Gasteiger partial charge in [-0.2, -0.15) is 5.26 Å². The number of carbonyl (C=O) groups excluding carboxylic acids is 1. The highest BCUT2D eigenvalue weighted by Crippen LogP contribution is 2.43. The minimum Gasteiger partial charge on any atom is -0.376 e. The van der Waals surface area contributed by atoms with E-state index < -0.39 is 0 Å². The Morgan fingerprint density at radius 1 is 1.30 bits per heavy atom. The molecular formula is C22H31N3O2. The Labute approximate surface area is 162 Å². The third-order valence-corrected chi connectivity index (χ3v) is 6.07. The third-order valence-electron chi connectivity index (χ3n) is 6.07. The van der Waals surface area contributed by atoms with Crippen LogP contribution in [0.2, 0.25) is 0 Å². The third kappa shape index (κ3) is 4.81. The standard InChI is InChI=1S/C22H31N3O2/c1-21(2)17-22(11-15-27-21,19-6-4-3-5-7-19)10-12-24-20(26)25-13-8-18(16-23)9-14-25/h3-7,18H,8-15,17H2,1-2H3,(H,24,26). The lowest BCUT2D eigenvalue weighted by atomic mass is 9.67. The Balaban J connectivity index is 1.61.